The standard InChI is InChI=1S/C14H21N3O/c1-10(11-6-3-4-9-16-11)17-13(18)14(2)8-5-7-12(14)15/h3-4,6,9-10,12H,5,7-8,15H2,1-2H3,(H,17,18). The van der Waals surface area contributed by atoms with Gasteiger partial charge in [0.05, 0.1) is 17.2 Å². The van der Waals surface area contributed by atoms with Gasteiger partial charge in [0.15, 0.2) is 0 Å². The Morgan fingerprint density at radius 2 is 2.39 bits per heavy atom. The van der Waals surface area contributed by atoms with E-state index in [-0.39, 0.29) is 18.0 Å². The Hall–Kier alpha value is -1.42. The van der Waals surface area contributed by atoms with Crippen LogP contribution in [0.5, 0.6) is 0 Å². The van der Waals surface area contributed by atoms with Gasteiger partial charge in [-0.3, -0.25) is 9.78 Å². The number of nitrogens with two attached hydrogens (primary N) is 1. The average Bonchev–Trinajstić information content (AvgIpc) is 2.72. The van der Waals surface area contributed by atoms with Crippen LogP contribution >= 0.6 is 0 Å². The molecule has 18 heavy (non-hydrogen) atoms. The molecular formula is C14H21N3O. The molecule has 1 aliphatic rings. The third-order valence-corrected chi connectivity index (χ3v) is 4.03. The summed E-state index contributed by atoms with van der Waals surface area (Å²) in [6.45, 7) is 3.91. The first-order valence-corrected chi connectivity index (χ1v) is 6.51. The number of pyridine rings is 1. The molecular weight excluding hydrogens is 226 g/mol. The molecule has 0 aliphatic heterocycles. The number of nitrogens with zero attached hydrogens (tertiary/aromatic N) is 1. The van der Waals surface area contributed by atoms with Crippen molar-refractivity contribution >= 4 is 5.91 Å². The fourth-order valence-electron chi connectivity index (χ4n) is 2.54. The summed E-state index contributed by atoms with van der Waals surface area (Å²) in [5.74, 6) is 0.0469. The van der Waals surface area contributed by atoms with Gasteiger partial charge in [0.25, 0.3) is 0 Å². The quantitative estimate of drug-likeness (QED) is 0.855. The monoisotopic (exact) mass is 247 g/mol. The lowest BCUT2D eigenvalue weighted by Gasteiger charge is -2.29. The van der Waals surface area contributed by atoms with Gasteiger partial charge < -0.3 is 11.1 Å². The second-order valence-corrected chi connectivity index (χ2v) is 5.37. The molecule has 0 aromatic carbocycles. The fraction of sp³-hybridized carbons (Fsp3) is 0.571. The smallest absolute Gasteiger partial charge is 0.228 e. The Labute approximate surface area is 108 Å². The van der Waals surface area contributed by atoms with Crippen molar-refractivity contribution in [3.05, 3.63) is 30.1 Å². The van der Waals surface area contributed by atoms with E-state index in [0.717, 1.165) is 25.0 Å². The molecule has 1 amide bonds. The van der Waals surface area contributed by atoms with Gasteiger partial charge in [-0.1, -0.05) is 12.5 Å². The molecule has 4 heteroatoms. The maximum absolute atomic E-state index is 12.3. The SMILES string of the molecule is CC(NC(=O)C1(C)CCCC1N)c1ccccn1. The molecule has 1 aromatic heterocycles. The van der Waals surface area contributed by atoms with E-state index in [9.17, 15) is 4.79 Å². The molecule has 2 rings (SSSR count). The van der Waals surface area contributed by atoms with Crippen molar-refractivity contribution in [1.29, 1.82) is 0 Å². The summed E-state index contributed by atoms with van der Waals surface area (Å²) in [6.07, 6.45) is 4.57. The van der Waals surface area contributed by atoms with Crippen LogP contribution in [0.3, 0.4) is 0 Å². The lowest BCUT2D eigenvalue weighted by molar-refractivity contribution is -0.131. The first-order valence-electron chi connectivity index (χ1n) is 6.51. The zero-order chi connectivity index (χ0) is 13.2. The number of hydrogen-bond donors (Lipinski definition) is 2. The fourth-order valence-corrected chi connectivity index (χ4v) is 2.54. The minimum absolute atomic E-state index is 0.0339. The largest absolute Gasteiger partial charge is 0.347 e. The zero-order valence-corrected chi connectivity index (χ0v) is 11.0. The highest BCUT2D eigenvalue weighted by Gasteiger charge is 2.43. The minimum Gasteiger partial charge on any atom is -0.347 e. The van der Waals surface area contributed by atoms with Gasteiger partial charge in [0.2, 0.25) is 5.91 Å². The lowest BCUT2D eigenvalue weighted by atomic mass is 9.84. The van der Waals surface area contributed by atoms with Crippen molar-refractivity contribution in [1.82, 2.24) is 10.3 Å². The second kappa shape index (κ2) is 5.06. The zero-order valence-electron chi connectivity index (χ0n) is 11.0. The van der Waals surface area contributed by atoms with Crippen LogP contribution in [0, 0.1) is 5.41 Å². The molecule has 1 saturated carbocycles. The van der Waals surface area contributed by atoms with E-state index in [0.29, 0.717) is 0 Å². The normalized spacial score (nSPS) is 28.9. The van der Waals surface area contributed by atoms with E-state index in [2.05, 4.69) is 10.3 Å². The Morgan fingerprint density at radius 1 is 1.61 bits per heavy atom. The van der Waals surface area contributed by atoms with Gasteiger partial charge in [-0.15, -0.1) is 0 Å². The van der Waals surface area contributed by atoms with Crippen molar-refractivity contribution in [2.24, 2.45) is 11.1 Å². The van der Waals surface area contributed by atoms with E-state index in [1.807, 2.05) is 32.0 Å². The number of amides is 1. The van der Waals surface area contributed by atoms with E-state index in [1.54, 1.807) is 6.20 Å². The van der Waals surface area contributed by atoms with Crippen LogP contribution in [0.15, 0.2) is 24.4 Å². The molecule has 1 heterocycles. The number of nitrogens with one attached hydrogen (secondary N) is 1. The molecule has 1 aromatic rings. The number of carbonyl (C=O) groups is 1. The van der Waals surface area contributed by atoms with Crippen molar-refractivity contribution in [3.8, 4) is 0 Å². The van der Waals surface area contributed by atoms with Gasteiger partial charge in [-0.05, 0) is 38.8 Å². The van der Waals surface area contributed by atoms with E-state index < -0.39 is 5.41 Å². The van der Waals surface area contributed by atoms with Crippen molar-refractivity contribution in [3.63, 3.8) is 0 Å². The Kier molecular flexibility index (Phi) is 3.66. The molecule has 0 bridgehead atoms. The molecule has 0 saturated heterocycles. The third-order valence-electron chi connectivity index (χ3n) is 4.03. The van der Waals surface area contributed by atoms with Gasteiger partial charge in [0, 0.05) is 12.2 Å². The van der Waals surface area contributed by atoms with Gasteiger partial charge in [-0.25, -0.2) is 0 Å². The lowest BCUT2D eigenvalue weighted by Crippen LogP contribution is -2.48. The van der Waals surface area contributed by atoms with Crippen LogP contribution in [0.25, 0.3) is 0 Å². The van der Waals surface area contributed by atoms with Crippen LogP contribution in [-0.4, -0.2) is 16.9 Å². The first kappa shape index (κ1) is 13.0. The number of carbonyl (C=O) groups excluding carboxylic acids is 1. The van der Waals surface area contributed by atoms with Crippen molar-refractivity contribution < 1.29 is 4.79 Å². The average molecular weight is 247 g/mol. The summed E-state index contributed by atoms with van der Waals surface area (Å²) in [5, 5.41) is 3.03. The minimum atomic E-state index is -0.428. The highest BCUT2D eigenvalue weighted by atomic mass is 16.2. The van der Waals surface area contributed by atoms with Crippen LogP contribution in [0.1, 0.15) is 44.8 Å². The van der Waals surface area contributed by atoms with Crippen molar-refractivity contribution in [2.75, 3.05) is 0 Å². The Morgan fingerprint density at radius 3 is 2.94 bits per heavy atom. The van der Waals surface area contributed by atoms with E-state index >= 15 is 0 Å². The van der Waals surface area contributed by atoms with Crippen LogP contribution < -0.4 is 11.1 Å². The molecule has 3 N–H and O–H groups in total. The third kappa shape index (κ3) is 2.38. The van der Waals surface area contributed by atoms with E-state index in [4.69, 9.17) is 5.73 Å². The summed E-state index contributed by atoms with van der Waals surface area (Å²) < 4.78 is 0. The molecule has 4 nitrogen and oxygen atoms in total. The molecule has 0 spiro atoms. The molecule has 1 fully saturated rings. The molecule has 3 atom stereocenters. The highest BCUT2D eigenvalue weighted by molar-refractivity contribution is 5.83. The summed E-state index contributed by atoms with van der Waals surface area (Å²) in [5.41, 5.74) is 6.50. The Bertz CT molecular complexity index is 420. The molecule has 98 valence electrons. The number of rotatable bonds is 3. The molecule has 1 aliphatic carbocycles. The Balaban J connectivity index is 2.04. The van der Waals surface area contributed by atoms with Gasteiger partial charge in [-0.2, -0.15) is 0 Å². The maximum Gasteiger partial charge on any atom is 0.228 e. The van der Waals surface area contributed by atoms with Crippen LogP contribution in [-0.2, 0) is 4.79 Å². The van der Waals surface area contributed by atoms with Crippen LogP contribution in [0.2, 0.25) is 0 Å². The van der Waals surface area contributed by atoms with Crippen LogP contribution in [0.4, 0.5) is 0 Å². The predicted octanol–water partition coefficient (Wildman–Crippen LogP) is 1.78. The maximum atomic E-state index is 12.3. The highest BCUT2D eigenvalue weighted by Crippen LogP contribution is 2.37. The van der Waals surface area contributed by atoms with Gasteiger partial charge >= 0.3 is 0 Å². The van der Waals surface area contributed by atoms with E-state index in [1.165, 1.54) is 0 Å². The number of hydrogen-bond acceptors (Lipinski definition) is 3. The molecule has 3 unspecified atom stereocenters. The topological polar surface area (TPSA) is 68.0 Å². The number of aromatic nitrogens is 1. The second-order valence-electron chi connectivity index (χ2n) is 5.37. The summed E-state index contributed by atoms with van der Waals surface area (Å²) in [6, 6.07) is 5.60. The summed E-state index contributed by atoms with van der Waals surface area (Å²) in [7, 11) is 0. The summed E-state index contributed by atoms with van der Waals surface area (Å²) in [4.78, 5) is 16.6. The first-order chi connectivity index (χ1) is 8.54. The van der Waals surface area contributed by atoms with Gasteiger partial charge in [0.1, 0.15) is 0 Å². The predicted molar refractivity (Wildman–Crippen MR) is 70.7 cm³/mol. The van der Waals surface area contributed by atoms with Crippen molar-refractivity contribution in [2.45, 2.75) is 45.2 Å². The summed E-state index contributed by atoms with van der Waals surface area (Å²) >= 11 is 0. The molecule has 0 radical (unpaired) electrons.